The summed E-state index contributed by atoms with van der Waals surface area (Å²) >= 11 is 0. The maximum absolute atomic E-state index is 12.6. The topological polar surface area (TPSA) is 86.7 Å². The summed E-state index contributed by atoms with van der Waals surface area (Å²) in [6.07, 6.45) is 6.40. The highest BCUT2D eigenvalue weighted by Gasteiger charge is 2.45. The van der Waals surface area contributed by atoms with Crippen LogP contribution in [0.25, 0.3) is 0 Å². The number of anilines is 1. The molecule has 2 amide bonds. The van der Waals surface area contributed by atoms with Gasteiger partial charge in [-0.05, 0) is 49.9 Å². The molecular formula is C20H26N2O4. The van der Waals surface area contributed by atoms with Gasteiger partial charge in [0.2, 0.25) is 5.91 Å². The fourth-order valence-corrected chi connectivity index (χ4v) is 3.73. The Morgan fingerprint density at radius 1 is 0.962 bits per heavy atom. The van der Waals surface area contributed by atoms with Crippen molar-refractivity contribution in [1.82, 2.24) is 4.90 Å². The Morgan fingerprint density at radius 2 is 1.58 bits per heavy atom. The van der Waals surface area contributed by atoms with Gasteiger partial charge in [0.05, 0.1) is 5.41 Å². The molecule has 1 aromatic rings. The second-order valence-corrected chi connectivity index (χ2v) is 7.45. The molecule has 140 valence electrons. The molecule has 0 spiro atoms. The van der Waals surface area contributed by atoms with E-state index in [2.05, 4.69) is 5.32 Å². The molecule has 2 aliphatic rings. The second-order valence-electron chi connectivity index (χ2n) is 7.45. The third kappa shape index (κ3) is 4.06. The maximum atomic E-state index is 12.6. The largest absolute Gasteiger partial charge is 0.481 e. The van der Waals surface area contributed by atoms with Gasteiger partial charge in [0.15, 0.2) is 0 Å². The number of aliphatic carboxylic acids is 1. The van der Waals surface area contributed by atoms with E-state index in [1.165, 1.54) is 12.8 Å². The van der Waals surface area contributed by atoms with Crippen LogP contribution >= 0.6 is 0 Å². The molecule has 26 heavy (non-hydrogen) atoms. The van der Waals surface area contributed by atoms with Crippen molar-refractivity contribution in [1.29, 1.82) is 0 Å². The fourth-order valence-electron chi connectivity index (χ4n) is 3.73. The number of hydrogen-bond acceptors (Lipinski definition) is 3. The summed E-state index contributed by atoms with van der Waals surface area (Å²) < 4.78 is 0. The number of carboxylic acids is 1. The van der Waals surface area contributed by atoms with Gasteiger partial charge in [0.25, 0.3) is 5.91 Å². The Kier molecular flexibility index (Phi) is 5.59. The molecule has 6 heteroatoms. The number of carboxylic acid groups (broad SMARTS) is 1. The molecule has 3 rings (SSSR count). The lowest BCUT2D eigenvalue weighted by Gasteiger charge is -2.36. The first-order chi connectivity index (χ1) is 12.5. The smallest absolute Gasteiger partial charge is 0.310 e. The highest BCUT2D eigenvalue weighted by Crippen LogP contribution is 2.44. The SMILES string of the molecule is O=C(CC1(C(=O)O)CCC1)Nc1ccc(C(=O)N2CCCCCC2)cc1. The average Bonchev–Trinajstić information content (AvgIpc) is 2.87. The zero-order valence-corrected chi connectivity index (χ0v) is 15.0. The van der Waals surface area contributed by atoms with Crippen LogP contribution in [-0.2, 0) is 9.59 Å². The minimum atomic E-state index is -0.896. The van der Waals surface area contributed by atoms with E-state index < -0.39 is 11.4 Å². The molecule has 0 unspecified atom stereocenters. The van der Waals surface area contributed by atoms with Crippen LogP contribution in [0.15, 0.2) is 24.3 Å². The lowest BCUT2D eigenvalue weighted by atomic mass is 9.66. The van der Waals surface area contributed by atoms with E-state index in [1.54, 1.807) is 24.3 Å². The van der Waals surface area contributed by atoms with Crippen LogP contribution in [-0.4, -0.2) is 40.9 Å². The van der Waals surface area contributed by atoms with Crippen molar-refractivity contribution < 1.29 is 19.5 Å². The molecule has 0 radical (unpaired) electrons. The summed E-state index contributed by atoms with van der Waals surface area (Å²) in [6.45, 7) is 1.60. The molecule has 6 nitrogen and oxygen atoms in total. The number of benzene rings is 1. The first kappa shape index (κ1) is 18.4. The summed E-state index contributed by atoms with van der Waals surface area (Å²) in [7, 11) is 0. The highest BCUT2D eigenvalue weighted by molar-refractivity contribution is 5.97. The van der Waals surface area contributed by atoms with Crippen LogP contribution in [0.2, 0.25) is 0 Å². The fraction of sp³-hybridized carbons (Fsp3) is 0.550. The molecule has 1 heterocycles. The Bertz CT molecular complexity index is 672. The van der Waals surface area contributed by atoms with E-state index in [4.69, 9.17) is 0 Å². The van der Waals surface area contributed by atoms with Crippen LogP contribution in [0.4, 0.5) is 5.69 Å². The summed E-state index contributed by atoms with van der Waals surface area (Å²) in [5.41, 5.74) is 0.306. The van der Waals surface area contributed by atoms with Gasteiger partial charge in [-0.25, -0.2) is 0 Å². The zero-order chi connectivity index (χ0) is 18.6. The standard InChI is InChI=1S/C20H26N2O4/c23-17(14-20(19(25)26)10-5-11-20)21-16-8-6-15(7-9-16)18(24)22-12-3-1-2-4-13-22/h6-9H,1-5,10-14H2,(H,21,23)(H,25,26). The predicted molar refractivity (Wildman–Crippen MR) is 98.0 cm³/mol. The van der Waals surface area contributed by atoms with E-state index in [9.17, 15) is 19.5 Å². The molecule has 1 aromatic carbocycles. The van der Waals surface area contributed by atoms with Crippen molar-refractivity contribution in [3.05, 3.63) is 29.8 Å². The van der Waals surface area contributed by atoms with E-state index >= 15 is 0 Å². The number of amides is 2. The van der Waals surface area contributed by atoms with Crippen molar-refractivity contribution in [3.8, 4) is 0 Å². The van der Waals surface area contributed by atoms with Crippen molar-refractivity contribution in [2.45, 2.75) is 51.4 Å². The van der Waals surface area contributed by atoms with Gasteiger partial charge in [-0.3, -0.25) is 14.4 Å². The number of nitrogens with zero attached hydrogens (tertiary/aromatic N) is 1. The van der Waals surface area contributed by atoms with Gasteiger partial charge >= 0.3 is 5.97 Å². The van der Waals surface area contributed by atoms with E-state index in [0.29, 0.717) is 24.1 Å². The molecule has 1 aliphatic carbocycles. The third-order valence-corrected chi connectivity index (χ3v) is 5.57. The Labute approximate surface area is 153 Å². The highest BCUT2D eigenvalue weighted by atomic mass is 16.4. The van der Waals surface area contributed by atoms with Gasteiger partial charge in [0, 0.05) is 30.8 Å². The molecular weight excluding hydrogens is 332 g/mol. The normalized spacial score (nSPS) is 19.2. The number of likely N-dealkylation sites (tertiary alicyclic amines) is 1. The van der Waals surface area contributed by atoms with Gasteiger partial charge in [-0.2, -0.15) is 0 Å². The number of nitrogens with one attached hydrogen (secondary N) is 1. The predicted octanol–water partition coefficient (Wildman–Crippen LogP) is 3.29. The molecule has 2 N–H and O–H groups in total. The minimum absolute atomic E-state index is 0.00318. The summed E-state index contributed by atoms with van der Waals surface area (Å²) in [4.78, 5) is 38.0. The first-order valence-corrected chi connectivity index (χ1v) is 9.43. The van der Waals surface area contributed by atoms with E-state index in [-0.39, 0.29) is 18.2 Å². The van der Waals surface area contributed by atoms with Crippen LogP contribution in [0.5, 0.6) is 0 Å². The summed E-state index contributed by atoms with van der Waals surface area (Å²) in [6, 6.07) is 6.85. The van der Waals surface area contributed by atoms with Crippen molar-refractivity contribution in [3.63, 3.8) is 0 Å². The maximum Gasteiger partial charge on any atom is 0.310 e. The lowest BCUT2D eigenvalue weighted by Crippen LogP contribution is -2.41. The van der Waals surface area contributed by atoms with Crippen molar-refractivity contribution >= 4 is 23.5 Å². The Hall–Kier alpha value is -2.37. The minimum Gasteiger partial charge on any atom is -0.481 e. The van der Waals surface area contributed by atoms with Gasteiger partial charge < -0.3 is 15.3 Å². The molecule has 1 saturated carbocycles. The molecule has 0 aromatic heterocycles. The molecule has 0 bridgehead atoms. The van der Waals surface area contributed by atoms with Crippen LogP contribution in [0.3, 0.4) is 0 Å². The van der Waals surface area contributed by atoms with Crippen LogP contribution < -0.4 is 5.32 Å². The Morgan fingerprint density at radius 3 is 2.08 bits per heavy atom. The van der Waals surface area contributed by atoms with Gasteiger partial charge in [0.1, 0.15) is 0 Å². The average molecular weight is 358 g/mol. The van der Waals surface area contributed by atoms with Crippen molar-refractivity contribution in [2.75, 3.05) is 18.4 Å². The number of hydrogen-bond donors (Lipinski definition) is 2. The molecule has 2 fully saturated rings. The molecule has 1 aliphatic heterocycles. The van der Waals surface area contributed by atoms with Crippen LogP contribution in [0, 0.1) is 5.41 Å². The monoisotopic (exact) mass is 358 g/mol. The van der Waals surface area contributed by atoms with Gasteiger partial charge in [-0.15, -0.1) is 0 Å². The molecule has 0 atom stereocenters. The number of carbonyl (C=O) groups excluding carboxylic acids is 2. The number of carbonyl (C=O) groups is 3. The Balaban J connectivity index is 1.58. The first-order valence-electron chi connectivity index (χ1n) is 9.43. The van der Waals surface area contributed by atoms with Crippen LogP contribution in [0.1, 0.15) is 61.7 Å². The van der Waals surface area contributed by atoms with E-state index in [1.807, 2.05) is 4.90 Å². The van der Waals surface area contributed by atoms with Gasteiger partial charge in [-0.1, -0.05) is 19.3 Å². The lowest BCUT2D eigenvalue weighted by molar-refractivity contribution is -0.157. The quantitative estimate of drug-likeness (QED) is 0.846. The second kappa shape index (κ2) is 7.89. The summed E-state index contributed by atoms with van der Waals surface area (Å²) in [5.74, 6) is -1.15. The third-order valence-electron chi connectivity index (χ3n) is 5.57. The zero-order valence-electron chi connectivity index (χ0n) is 15.0. The molecule has 1 saturated heterocycles. The van der Waals surface area contributed by atoms with E-state index in [0.717, 1.165) is 32.4 Å². The number of rotatable bonds is 5. The van der Waals surface area contributed by atoms with Crippen molar-refractivity contribution in [2.24, 2.45) is 5.41 Å². The summed E-state index contributed by atoms with van der Waals surface area (Å²) in [5, 5.41) is 12.1.